The first-order valence-corrected chi connectivity index (χ1v) is 9.26. The maximum absolute atomic E-state index is 13.0. The Kier molecular flexibility index (Phi) is 3.67. The Morgan fingerprint density at radius 3 is 1.93 bits per heavy atom. The quantitative estimate of drug-likeness (QED) is 0.622. The highest BCUT2D eigenvalue weighted by atomic mass is 16.6. The van der Waals surface area contributed by atoms with E-state index in [1.807, 2.05) is 25.1 Å². The lowest BCUT2D eigenvalue weighted by Crippen LogP contribution is -2.33. The van der Waals surface area contributed by atoms with E-state index in [-0.39, 0.29) is 34.5 Å². The van der Waals surface area contributed by atoms with Crippen LogP contribution in [0.15, 0.2) is 42.5 Å². The smallest absolute Gasteiger partial charge is 0.340 e. The third-order valence-corrected chi connectivity index (χ3v) is 5.66. The molecule has 152 valence electrons. The number of aryl methyl sites for hydroxylation is 1. The minimum atomic E-state index is -1.36. The number of aromatic hydroxyl groups is 2. The number of ether oxygens (including phenoxy) is 4. The predicted molar refractivity (Wildman–Crippen MR) is 106 cm³/mol. The molecule has 0 radical (unpaired) electrons. The average Bonchev–Trinajstić information content (AvgIpc) is 3.02. The van der Waals surface area contributed by atoms with Gasteiger partial charge in [-0.2, -0.15) is 0 Å². The highest BCUT2D eigenvalue weighted by molar-refractivity contribution is 5.98. The Balaban J connectivity index is 1.96. The summed E-state index contributed by atoms with van der Waals surface area (Å²) in [6.45, 7) is 1.84. The lowest BCUT2D eigenvalue weighted by molar-refractivity contribution is 0.0220. The van der Waals surface area contributed by atoms with Crippen molar-refractivity contribution in [3.05, 3.63) is 70.3 Å². The van der Waals surface area contributed by atoms with Crippen molar-refractivity contribution in [2.24, 2.45) is 0 Å². The van der Waals surface area contributed by atoms with Gasteiger partial charge in [0.25, 0.3) is 0 Å². The van der Waals surface area contributed by atoms with Crippen LogP contribution in [0.3, 0.4) is 0 Å². The lowest BCUT2D eigenvalue weighted by Gasteiger charge is -2.37. The Labute approximate surface area is 172 Å². The van der Waals surface area contributed by atoms with Gasteiger partial charge in [-0.1, -0.05) is 18.2 Å². The van der Waals surface area contributed by atoms with Crippen LogP contribution in [-0.4, -0.2) is 30.4 Å². The molecule has 0 aromatic heterocycles. The third-order valence-electron chi connectivity index (χ3n) is 5.66. The van der Waals surface area contributed by atoms with Crippen molar-refractivity contribution < 1.29 is 34.0 Å². The van der Waals surface area contributed by atoms with Crippen LogP contribution in [0.2, 0.25) is 0 Å². The van der Waals surface area contributed by atoms with Crippen molar-refractivity contribution in [3.63, 3.8) is 0 Å². The number of fused-ring (bicyclic) bond motifs is 6. The fourth-order valence-electron chi connectivity index (χ4n) is 4.38. The van der Waals surface area contributed by atoms with Gasteiger partial charge in [-0.3, -0.25) is 0 Å². The van der Waals surface area contributed by atoms with Crippen molar-refractivity contribution >= 4 is 5.97 Å². The van der Waals surface area contributed by atoms with Gasteiger partial charge in [-0.25, -0.2) is 4.79 Å². The van der Waals surface area contributed by atoms with Crippen molar-refractivity contribution in [2.75, 3.05) is 14.2 Å². The molecule has 0 aliphatic carbocycles. The van der Waals surface area contributed by atoms with Gasteiger partial charge in [0, 0.05) is 5.56 Å². The zero-order chi connectivity index (χ0) is 21.2. The zero-order valence-electron chi connectivity index (χ0n) is 16.5. The minimum absolute atomic E-state index is 0.0834. The molecule has 2 N–H and O–H groups in total. The summed E-state index contributed by atoms with van der Waals surface area (Å²) in [7, 11) is 2.80. The Morgan fingerprint density at radius 1 is 0.833 bits per heavy atom. The number of hydrogen-bond donors (Lipinski definition) is 2. The van der Waals surface area contributed by atoms with E-state index in [9.17, 15) is 15.0 Å². The number of phenolic OH excluding ortho intramolecular Hbond substituents is 2. The van der Waals surface area contributed by atoms with Crippen LogP contribution in [0.5, 0.6) is 34.5 Å². The van der Waals surface area contributed by atoms with Crippen LogP contribution in [0, 0.1) is 6.92 Å². The monoisotopic (exact) mass is 406 g/mol. The largest absolute Gasteiger partial charge is 0.504 e. The molecular weight excluding hydrogens is 388 g/mol. The first kappa shape index (κ1) is 18.2. The van der Waals surface area contributed by atoms with Crippen LogP contribution in [0.1, 0.15) is 32.6 Å². The van der Waals surface area contributed by atoms with E-state index in [1.165, 1.54) is 26.4 Å². The molecule has 30 heavy (non-hydrogen) atoms. The van der Waals surface area contributed by atoms with E-state index in [0.29, 0.717) is 22.3 Å². The fraction of sp³-hybridized carbons (Fsp3) is 0.174. The Morgan fingerprint density at radius 2 is 1.40 bits per heavy atom. The van der Waals surface area contributed by atoms with Gasteiger partial charge in [0.15, 0.2) is 28.6 Å². The van der Waals surface area contributed by atoms with E-state index in [2.05, 4.69) is 0 Å². The van der Waals surface area contributed by atoms with Crippen LogP contribution in [0.25, 0.3) is 0 Å². The van der Waals surface area contributed by atoms with Crippen LogP contribution in [-0.2, 0) is 10.3 Å². The summed E-state index contributed by atoms with van der Waals surface area (Å²) in [4.78, 5) is 13.0. The van der Waals surface area contributed by atoms with Gasteiger partial charge < -0.3 is 29.2 Å². The number of carbonyl (C=O) groups is 1. The topological polar surface area (TPSA) is 94.5 Å². The fourth-order valence-corrected chi connectivity index (χ4v) is 4.38. The van der Waals surface area contributed by atoms with E-state index in [1.54, 1.807) is 12.1 Å². The summed E-state index contributed by atoms with van der Waals surface area (Å²) in [5, 5.41) is 20.6. The Hall–Kier alpha value is -3.87. The standard InChI is InChI=1S/C23H18O7/c1-11-5-4-6-12-17(11)22(26)30-23(12)13-7-9-15(24)20(27-2)18(13)29-19-14(23)8-10-16(25)21(19)28-3/h4-10,24-25H,1-3H3. The molecule has 0 atom stereocenters. The summed E-state index contributed by atoms with van der Waals surface area (Å²) in [6.07, 6.45) is 0. The minimum Gasteiger partial charge on any atom is -0.504 e. The predicted octanol–water partition coefficient (Wildman–Crippen LogP) is 3.99. The maximum atomic E-state index is 13.0. The van der Waals surface area contributed by atoms with Gasteiger partial charge in [0.1, 0.15) is 0 Å². The summed E-state index contributed by atoms with van der Waals surface area (Å²) >= 11 is 0. The number of esters is 1. The molecule has 0 saturated carbocycles. The van der Waals surface area contributed by atoms with Crippen LogP contribution >= 0.6 is 0 Å². The molecule has 7 heteroatoms. The molecule has 0 unspecified atom stereocenters. The van der Waals surface area contributed by atoms with Gasteiger partial charge in [0.2, 0.25) is 11.5 Å². The van der Waals surface area contributed by atoms with Crippen LogP contribution in [0.4, 0.5) is 0 Å². The first-order chi connectivity index (χ1) is 14.4. The van der Waals surface area contributed by atoms with Gasteiger partial charge >= 0.3 is 5.97 Å². The number of benzene rings is 3. The van der Waals surface area contributed by atoms with Gasteiger partial charge in [-0.05, 0) is 36.8 Å². The average molecular weight is 406 g/mol. The molecule has 2 aliphatic heterocycles. The van der Waals surface area contributed by atoms with E-state index in [0.717, 1.165) is 5.56 Å². The molecule has 0 amide bonds. The van der Waals surface area contributed by atoms with Crippen molar-refractivity contribution in [1.82, 2.24) is 0 Å². The van der Waals surface area contributed by atoms with Crippen molar-refractivity contribution in [1.29, 1.82) is 0 Å². The van der Waals surface area contributed by atoms with Gasteiger partial charge in [0.05, 0.1) is 30.9 Å². The molecule has 1 spiro atoms. The number of carbonyl (C=O) groups excluding carboxylic acids is 1. The second-order valence-corrected chi connectivity index (χ2v) is 7.16. The summed E-state index contributed by atoms with van der Waals surface area (Å²) in [6, 6.07) is 11.7. The summed E-state index contributed by atoms with van der Waals surface area (Å²) in [5.41, 5.74) is 1.52. The maximum Gasteiger partial charge on any atom is 0.340 e. The van der Waals surface area contributed by atoms with E-state index in [4.69, 9.17) is 18.9 Å². The number of rotatable bonds is 2. The molecule has 7 nitrogen and oxygen atoms in total. The highest BCUT2D eigenvalue weighted by Gasteiger charge is 2.55. The number of hydrogen-bond acceptors (Lipinski definition) is 7. The molecule has 3 aromatic rings. The second kappa shape index (κ2) is 6.06. The van der Waals surface area contributed by atoms with Crippen molar-refractivity contribution in [3.8, 4) is 34.5 Å². The van der Waals surface area contributed by atoms with Gasteiger partial charge in [-0.15, -0.1) is 0 Å². The molecule has 2 heterocycles. The second-order valence-electron chi connectivity index (χ2n) is 7.16. The molecular formula is C23H18O7. The van der Waals surface area contributed by atoms with Crippen molar-refractivity contribution in [2.45, 2.75) is 12.5 Å². The molecule has 3 aromatic carbocycles. The molecule has 0 saturated heterocycles. The number of phenols is 2. The molecule has 5 rings (SSSR count). The summed E-state index contributed by atoms with van der Waals surface area (Å²) < 4.78 is 22.9. The lowest BCUT2D eigenvalue weighted by atomic mass is 9.77. The number of methoxy groups -OCH3 is 2. The molecule has 0 bridgehead atoms. The van der Waals surface area contributed by atoms with E-state index >= 15 is 0 Å². The first-order valence-electron chi connectivity index (χ1n) is 9.26. The molecule has 0 fully saturated rings. The van der Waals surface area contributed by atoms with E-state index < -0.39 is 11.6 Å². The Bertz CT molecular complexity index is 1170. The normalized spacial score (nSPS) is 15.0. The highest BCUT2D eigenvalue weighted by Crippen LogP contribution is 2.62. The SMILES string of the molecule is COc1c(O)ccc2c1Oc1c(ccc(O)c1OC)C21OC(=O)c2c(C)cccc21. The summed E-state index contributed by atoms with van der Waals surface area (Å²) in [5.74, 6) is -0.223. The third kappa shape index (κ3) is 2.06. The molecule has 2 aliphatic rings. The zero-order valence-corrected chi connectivity index (χ0v) is 16.5. The van der Waals surface area contributed by atoms with Crippen LogP contribution < -0.4 is 14.2 Å².